The standard InChI is InChI=1S/C15H19NO3/c1-4-13(17)16-15(2,3)14(18)19-11-10-12-8-6-5-7-9-12/h4-9H,1,10-11H2,2-3H3,(H,16,17). The van der Waals surface area contributed by atoms with Gasteiger partial charge in [-0.3, -0.25) is 4.79 Å². The minimum Gasteiger partial charge on any atom is -0.464 e. The number of benzene rings is 1. The van der Waals surface area contributed by atoms with E-state index in [9.17, 15) is 9.59 Å². The first-order chi connectivity index (χ1) is 8.95. The molecule has 0 atom stereocenters. The van der Waals surface area contributed by atoms with Gasteiger partial charge in [-0.25, -0.2) is 4.79 Å². The SMILES string of the molecule is C=CC(=O)NC(C)(C)C(=O)OCCc1ccccc1. The number of rotatable bonds is 6. The Balaban J connectivity index is 2.42. The van der Waals surface area contributed by atoms with Gasteiger partial charge in [0.25, 0.3) is 0 Å². The molecule has 1 N–H and O–H groups in total. The largest absolute Gasteiger partial charge is 0.464 e. The van der Waals surface area contributed by atoms with Crippen molar-refractivity contribution < 1.29 is 14.3 Å². The van der Waals surface area contributed by atoms with Crippen LogP contribution in [0.4, 0.5) is 0 Å². The lowest BCUT2D eigenvalue weighted by Crippen LogP contribution is -2.50. The molecule has 0 aliphatic heterocycles. The van der Waals surface area contributed by atoms with Gasteiger partial charge in [0.2, 0.25) is 5.91 Å². The van der Waals surface area contributed by atoms with E-state index in [1.54, 1.807) is 13.8 Å². The molecule has 0 saturated heterocycles. The first-order valence-electron chi connectivity index (χ1n) is 6.11. The number of esters is 1. The van der Waals surface area contributed by atoms with Crippen LogP contribution in [0.3, 0.4) is 0 Å². The van der Waals surface area contributed by atoms with Crippen LogP contribution in [0, 0.1) is 0 Å². The van der Waals surface area contributed by atoms with Crippen molar-refractivity contribution in [2.75, 3.05) is 6.61 Å². The summed E-state index contributed by atoms with van der Waals surface area (Å²) in [5, 5.41) is 2.52. The van der Waals surface area contributed by atoms with E-state index < -0.39 is 17.4 Å². The number of nitrogens with one attached hydrogen (secondary N) is 1. The predicted molar refractivity (Wildman–Crippen MR) is 73.5 cm³/mol. The molecule has 4 nitrogen and oxygen atoms in total. The predicted octanol–water partition coefficient (Wildman–Crippen LogP) is 1.85. The lowest BCUT2D eigenvalue weighted by Gasteiger charge is -2.23. The second-order valence-corrected chi connectivity index (χ2v) is 4.69. The van der Waals surface area contributed by atoms with E-state index in [0.29, 0.717) is 6.42 Å². The van der Waals surface area contributed by atoms with Crippen LogP contribution < -0.4 is 5.32 Å². The van der Waals surface area contributed by atoms with Crippen LogP contribution >= 0.6 is 0 Å². The van der Waals surface area contributed by atoms with Gasteiger partial charge in [0.05, 0.1) is 6.61 Å². The Morgan fingerprint density at radius 3 is 2.53 bits per heavy atom. The van der Waals surface area contributed by atoms with Crippen molar-refractivity contribution in [1.29, 1.82) is 0 Å². The van der Waals surface area contributed by atoms with Gasteiger partial charge in [0.15, 0.2) is 0 Å². The minimum absolute atomic E-state index is 0.288. The van der Waals surface area contributed by atoms with Gasteiger partial charge in [-0.15, -0.1) is 0 Å². The third kappa shape index (κ3) is 4.95. The number of ether oxygens (including phenoxy) is 1. The molecule has 1 rings (SSSR count). The molecule has 1 aromatic carbocycles. The van der Waals surface area contributed by atoms with Crippen molar-refractivity contribution in [2.24, 2.45) is 0 Å². The highest BCUT2D eigenvalue weighted by molar-refractivity contribution is 5.92. The van der Waals surface area contributed by atoms with Gasteiger partial charge in [0.1, 0.15) is 5.54 Å². The molecule has 0 aromatic heterocycles. The van der Waals surface area contributed by atoms with E-state index >= 15 is 0 Å². The zero-order chi connectivity index (χ0) is 14.3. The summed E-state index contributed by atoms with van der Waals surface area (Å²) in [5.41, 5.74) is 0.0466. The Bertz CT molecular complexity index is 452. The lowest BCUT2D eigenvalue weighted by atomic mass is 10.1. The molecular weight excluding hydrogens is 242 g/mol. The minimum atomic E-state index is -1.05. The van der Waals surface area contributed by atoms with Crippen molar-refractivity contribution in [3.8, 4) is 0 Å². The maximum atomic E-state index is 11.8. The molecule has 0 fully saturated rings. The number of carbonyl (C=O) groups is 2. The fourth-order valence-corrected chi connectivity index (χ4v) is 1.50. The highest BCUT2D eigenvalue weighted by Crippen LogP contribution is 2.07. The van der Waals surface area contributed by atoms with Crippen LogP contribution in [0.5, 0.6) is 0 Å². The van der Waals surface area contributed by atoms with Crippen molar-refractivity contribution >= 4 is 11.9 Å². The smallest absolute Gasteiger partial charge is 0.331 e. The summed E-state index contributed by atoms with van der Waals surface area (Å²) < 4.78 is 5.17. The second-order valence-electron chi connectivity index (χ2n) is 4.69. The molecule has 0 aliphatic carbocycles. The Hall–Kier alpha value is -2.10. The maximum Gasteiger partial charge on any atom is 0.331 e. The highest BCUT2D eigenvalue weighted by atomic mass is 16.5. The van der Waals surface area contributed by atoms with Crippen LogP contribution in [0.25, 0.3) is 0 Å². The molecule has 0 unspecified atom stereocenters. The summed E-state index contributed by atoms with van der Waals surface area (Å²) in [6.45, 7) is 6.82. The van der Waals surface area contributed by atoms with Crippen LogP contribution in [0.15, 0.2) is 43.0 Å². The van der Waals surface area contributed by atoms with Crippen molar-refractivity contribution in [1.82, 2.24) is 5.32 Å². The third-order valence-electron chi connectivity index (χ3n) is 2.60. The summed E-state index contributed by atoms with van der Waals surface area (Å²) in [4.78, 5) is 23.0. The van der Waals surface area contributed by atoms with E-state index in [1.807, 2.05) is 30.3 Å². The third-order valence-corrected chi connectivity index (χ3v) is 2.60. The molecule has 1 amide bonds. The van der Waals surface area contributed by atoms with Crippen molar-refractivity contribution in [2.45, 2.75) is 25.8 Å². The quantitative estimate of drug-likeness (QED) is 0.628. The summed E-state index contributed by atoms with van der Waals surface area (Å²) in [6.07, 6.45) is 1.77. The van der Waals surface area contributed by atoms with Crippen molar-refractivity contribution in [3.05, 3.63) is 48.6 Å². The number of amides is 1. The summed E-state index contributed by atoms with van der Waals surface area (Å²) in [5.74, 6) is -0.858. The Kier molecular flexibility index (Phi) is 5.30. The molecule has 4 heteroatoms. The van der Waals surface area contributed by atoms with E-state index in [4.69, 9.17) is 4.74 Å². The van der Waals surface area contributed by atoms with Gasteiger partial charge in [-0.1, -0.05) is 36.9 Å². The van der Waals surface area contributed by atoms with Crippen LogP contribution in [-0.2, 0) is 20.7 Å². The molecule has 0 bridgehead atoms. The van der Waals surface area contributed by atoms with E-state index in [0.717, 1.165) is 11.6 Å². The lowest BCUT2D eigenvalue weighted by molar-refractivity contribution is -0.151. The van der Waals surface area contributed by atoms with E-state index in [1.165, 1.54) is 0 Å². The van der Waals surface area contributed by atoms with Gasteiger partial charge in [-0.2, -0.15) is 0 Å². The summed E-state index contributed by atoms with van der Waals surface area (Å²) in [6, 6.07) is 9.75. The van der Waals surface area contributed by atoms with Crippen molar-refractivity contribution in [3.63, 3.8) is 0 Å². The van der Waals surface area contributed by atoms with E-state index in [-0.39, 0.29) is 6.61 Å². The normalized spacial score (nSPS) is 10.6. The zero-order valence-corrected chi connectivity index (χ0v) is 11.3. The maximum absolute atomic E-state index is 11.8. The number of carbonyl (C=O) groups excluding carboxylic acids is 2. The Morgan fingerprint density at radius 1 is 1.32 bits per heavy atom. The monoisotopic (exact) mass is 261 g/mol. The molecule has 0 spiro atoms. The average molecular weight is 261 g/mol. The number of hydrogen-bond acceptors (Lipinski definition) is 3. The average Bonchev–Trinajstić information content (AvgIpc) is 2.39. The van der Waals surface area contributed by atoms with Crippen LogP contribution in [-0.4, -0.2) is 24.0 Å². The van der Waals surface area contributed by atoms with Crippen LogP contribution in [0.2, 0.25) is 0 Å². The van der Waals surface area contributed by atoms with Gasteiger partial charge in [-0.05, 0) is 25.5 Å². The molecule has 0 radical (unpaired) electrons. The van der Waals surface area contributed by atoms with Gasteiger partial charge in [0, 0.05) is 6.42 Å². The zero-order valence-electron chi connectivity index (χ0n) is 11.3. The fourth-order valence-electron chi connectivity index (χ4n) is 1.50. The highest BCUT2D eigenvalue weighted by Gasteiger charge is 2.30. The molecule has 0 aliphatic rings. The summed E-state index contributed by atoms with van der Waals surface area (Å²) in [7, 11) is 0. The Labute approximate surface area is 113 Å². The van der Waals surface area contributed by atoms with Gasteiger partial charge < -0.3 is 10.1 Å². The Morgan fingerprint density at radius 2 is 1.95 bits per heavy atom. The molecule has 0 heterocycles. The molecule has 1 aromatic rings. The first-order valence-corrected chi connectivity index (χ1v) is 6.11. The fraction of sp³-hybridized carbons (Fsp3) is 0.333. The second kappa shape index (κ2) is 6.73. The number of hydrogen-bond donors (Lipinski definition) is 1. The molecule has 19 heavy (non-hydrogen) atoms. The first kappa shape index (κ1) is 15.0. The topological polar surface area (TPSA) is 55.4 Å². The summed E-state index contributed by atoms with van der Waals surface area (Å²) >= 11 is 0. The molecular formula is C15H19NO3. The molecule has 0 saturated carbocycles. The van der Waals surface area contributed by atoms with Crippen LogP contribution in [0.1, 0.15) is 19.4 Å². The van der Waals surface area contributed by atoms with Gasteiger partial charge >= 0.3 is 5.97 Å². The van der Waals surface area contributed by atoms with E-state index in [2.05, 4.69) is 11.9 Å². The molecule has 102 valence electrons.